The van der Waals surface area contributed by atoms with Crippen molar-refractivity contribution in [3.63, 3.8) is 0 Å². The van der Waals surface area contributed by atoms with Gasteiger partial charge in [0, 0.05) is 53.4 Å². The third-order valence-corrected chi connectivity index (χ3v) is 4.81. The van der Waals surface area contributed by atoms with E-state index >= 15 is 0 Å². The molecule has 0 aromatic rings. The molecule has 2 rings (SSSR count). The summed E-state index contributed by atoms with van der Waals surface area (Å²) in [6.45, 7) is 4.50. The van der Waals surface area contributed by atoms with Crippen LogP contribution in [0.15, 0.2) is 4.99 Å². The van der Waals surface area contributed by atoms with E-state index in [1.165, 1.54) is 32.1 Å². The van der Waals surface area contributed by atoms with Crippen LogP contribution >= 0.6 is 24.0 Å². The number of guanidine groups is 1. The minimum atomic E-state index is 0. The van der Waals surface area contributed by atoms with Gasteiger partial charge >= 0.3 is 0 Å². The van der Waals surface area contributed by atoms with Gasteiger partial charge in [-0.15, -0.1) is 24.0 Å². The van der Waals surface area contributed by atoms with E-state index in [0.717, 1.165) is 38.2 Å². The van der Waals surface area contributed by atoms with E-state index in [1.54, 1.807) is 26.0 Å². The van der Waals surface area contributed by atoms with Crippen molar-refractivity contribution in [2.75, 3.05) is 53.9 Å². The molecule has 6 nitrogen and oxygen atoms in total. The monoisotopic (exact) mass is 437 g/mol. The number of rotatable bonds is 3. The van der Waals surface area contributed by atoms with E-state index in [4.69, 9.17) is 0 Å². The van der Waals surface area contributed by atoms with E-state index in [1.807, 2.05) is 0 Å². The highest BCUT2D eigenvalue weighted by atomic mass is 127. The lowest BCUT2D eigenvalue weighted by Crippen LogP contribution is -2.55. The Labute approximate surface area is 157 Å². The average molecular weight is 437 g/mol. The highest BCUT2D eigenvalue weighted by Crippen LogP contribution is 2.23. The van der Waals surface area contributed by atoms with Gasteiger partial charge in [-0.05, 0) is 12.8 Å². The van der Waals surface area contributed by atoms with Gasteiger partial charge in [0.1, 0.15) is 0 Å². The molecule has 2 aliphatic rings. The van der Waals surface area contributed by atoms with Crippen LogP contribution in [0, 0.1) is 0 Å². The van der Waals surface area contributed by atoms with E-state index < -0.39 is 0 Å². The Bertz CT molecular complexity index is 388. The SMILES string of the molecule is CN=C(NCC(=O)N(C)C)N1CCN(C2CCCCC2)CC1.I. The molecule has 7 heteroatoms. The van der Waals surface area contributed by atoms with Crippen molar-refractivity contribution in [2.24, 2.45) is 4.99 Å². The molecule has 2 fully saturated rings. The van der Waals surface area contributed by atoms with Crippen LogP contribution in [0.3, 0.4) is 0 Å². The molecule has 1 aliphatic carbocycles. The lowest BCUT2D eigenvalue weighted by atomic mass is 9.94. The number of carbonyl (C=O) groups is 1. The predicted molar refractivity (Wildman–Crippen MR) is 105 cm³/mol. The van der Waals surface area contributed by atoms with Crippen molar-refractivity contribution >= 4 is 35.8 Å². The number of nitrogens with one attached hydrogen (secondary N) is 1. The molecule has 0 spiro atoms. The smallest absolute Gasteiger partial charge is 0.241 e. The third kappa shape index (κ3) is 6.10. The Morgan fingerprint density at radius 3 is 2.26 bits per heavy atom. The van der Waals surface area contributed by atoms with Crippen LogP contribution in [0.5, 0.6) is 0 Å². The molecular weight excluding hydrogens is 405 g/mol. The summed E-state index contributed by atoms with van der Waals surface area (Å²) < 4.78 is 0. The molecule has 0 atom stereocenters. The maximum absolute atomic E-state index is 11.7. The standard InChI is InChI=1S/C16H31N5O.HI/c1-17-16(18-13-15(22)19(2)3)21-11-9-20(10-12-21)14-7-5-4-6-8-14;/h14H,4-13H2,1-3H3,(H,17,18);1H. The topological polar surface area (TPSA) is 51.2 Å². The van der Waals surface area contributed by atoms with Gasteiger partial charge in [0.2, 0.25) is 5.91 Å². The van der Waals surface area contributed by atoms with E-state index in [2.05, 4.69) is 20.1 Å². The Hall–Kier alpha value is -0.570. The number of nitrogens with zero attached hydrogens (tertiary/aromatic N) is 4. The molecule has 0 aromatic heterocycles. The van der Waals surface area contributed by atoms with Gasteiger partial charge in [0.15, 0.2) is 5.96 Å². The molecule has 1 saturated heterocycles. The predicted octanol–water partition coefficient (Wildman–Crippen LogP) is 1.22. The van der Waals surface area contributed by atoms with Crippen LogP contribution in [0.4, 0.5) is 0 Å². The van der Waals surface area contributed by atoms with Gasteiger partial charge in [-0.2, -0.15) is 0 Å². The molecule has 0 bridgehead atoms. The summed E-state index contributed by atoms with van der Waals surface area (Å²) in [6, 6.07) is 0.793. The van der Waals surface area contributed by atoms with Gasteiger partial charge in [0.05, 0.1) is 6.54 Å². The zero-order valence-corrected chi connectivity index (χ0v) is 17.1. The molecular formula is C16H32IN5O. The zero-order valence-electron chi connectivity index (χ0n) is 14.8. The number of hydrogen-bond donors (Lipinski definition) is 1. The summed E-state index contributed by atoms with van der Waals surface area (Å²) in [5.41, 5.74) is 0. The number of piperazine rings is 1. The van der Waals surface area contributed by atoms with E-state index in [0.29, 0.717) is 6.54 Å². The quantitative estimate of drug-likeness (QED) is 0.410. The Balaban J connectivity index is 0.00000264. The maximum Gasteiger partial charge on any atom is 0.241 e. The van der Waals surface area contributed by atoms with Crippen LogP contribution in [0.2, 0.25) is 0 Å². The normalized spacial score (nSPS) is 20.8. The maximum atomic E-state index is 11.7. The zero-order chi connectivity index (χ0) is 15.9. The number of amides is 1. The highest BCUT2D eigenvalue weighted by Gasteiger charge is 2.26. The largest absolute Gasteiger partial charge is 0.347 e. The van der Waals surface area contributed by atoms with Gasteiger partial charge in [-0.25, -0.2) is 0 Å². The molecule has 0 unspecified atom stereocenters. The summed E-state index contributed by atoms with van der Waals surface area (Å²) in [5.74, 6) is 0.917. The molecule has 0 radical (unpaired) electrons. The van der Waals surface area contributed by atoms with Crippen molar-refractivity contribution in [1.82, 2.24) is 20.0 Å². The van der Waals surface area contributed by atoms with Crippen LogP contribution in [-0.4, -0.2) is 86.5 Å². The van der Waals surface area contributed by atoms with Crippen molar-refractivity contribution < 1.29 is 4.79 Å². The molecule has 23 heavy (non-hydrogen) atoms. The number of hydrogen-bond acceptors (Lipinski definition) is 3. The third-order valence-electron chi connectivity index (χ3n) is 4.81. The Kier molecular flexibility index (Phi) is 9.19. The summed E-state index contributed by atoms with van der Waals surface area (Å²) in [4.78, 5) is 22.5. The lowest BCUT2D eigenvalue weighted by Gasteiger charge is -2.41. The number of carbonyl (C=O) groups excluding carboxylic acids is 1. The minimum absolute atomic E-state index is 0. The fourth-order valence-electron chi connectivity index (χ4n) is 3.39. The first-order valence-electron chi connectivity index (χ1n) is 8.51. The fraction of sp³-hybridized carbons (Fsp3) is 0.875. The lowest BCUT2D eigenvalue weighted by molar-refractivity contribution is -0.127. The van der Waals surface area contributed by atoms with Crippen molar-refractivity contribution in [1.29, 1.82) is 0 Å². The Morgan fingerprint density at radius 2 is 1.74 bits per heavy atom. The molecule has 134 valence electrons. The fourth-order valence-corrected chi connectivity index (χ4v) is 3.39. The number of aliphatic imine (C=N–C) groups is 1. The first-order valence-corrected chi connectivity index (χ1v) is 8.51. The second-order valence-corrected chi connectivity index (χ2v) is 6.50. The molecule has 1 amide bonds. The van der Waals surface area contributed by atoms with Crippen LogP contribution in [-0.2, 0) is 4.79 Å². The molecule has 1 aliphatic heterocycles. The van der Waals surface area contributed by atoms with Crippen LogP contribution in [0.1, 0.15) is 32.1 Å². The first kappa shape index (κ1) is 20.5. The average Bonchev–Trinajstić information content (AvgIpc) is 2.56. The summed E-state index contributed by atoms with van der Waals surface area (Å²) >= 11 is 0. The van der Waals surface area contributed by atoms with Crippen LogP contribution < -0.4 is 5.32 Å². The number of halogens is 1. The summed E-state index contributed by atoms with van der Waals surface area (Å²) in [5, 5.41) is 3.18. The highest BCUT2D eigenvalue weighted by molar-refractivity contribution is 14.0. The summed E-state index contributed by atoms with van der Waals surface area (Å²) in [7, 11) is 5.33. The van der Waals surface area contributed by atoms with Gasteiger partial charge in [-0.3, -0.25) is 14.7 Å². The number of likely N-dealkylation sites (N-methyl/N-ethyl adjacent to an activating group) is 1. The second kappa shape index (κ2) is 10.3. The van der Waals surface area contributed by atoms with Gasteiger partial charge in [-0.1, -0.05) is 19.3 Å². The molecule has 0 aromatic carbocycles. The minimum Gasteiger partial charge on any atom is -0.347 e. The van der Waals surface area contributed by atoms with Crippen molar-refractivity contribution in [3.05, 3.63) is 0 Å². The van der Waals surface area contributed by atoms with Gasteiger partial charge < -0.3 is 15.1 Å². The molecule has 1 saturated carbocycles. The van der Waals surface area contributed by atoms with Crippen LogP contribution in [0.25, 0.3) is 0 Å². The van der Waals surface area contributed by atoms with E-state index in [9.17, 15) is 4.79 Å². The van der Waals surface area contributed by atoms with Crippen molar-refractivity contribution in [3.8, 4) is 0 Å². The van der Waals surface area contributed by atoms with Crippen molar-refractivity contribution in [2.45, 2.75) is 38.1 Å². The first-order chi connectivity index (χ1) is 10.6. The molecule has 1 heterocycles. The summed E-state index contributed by atoms with van der Waals surface area (Å²) in [6.07, 6.45) is 6.92. The Morgan fingerprint density at radius 1 is 1.13 bits per heavy atom. The molecule has 1 N–H and O–H groups in total. The van der Waals surface area contributed by atoms with Gasteiger partial charge in [0.25, 0.3) is 0 Å². The second-order valence-electron chi connectivity index (χ2n) is 6.50. The van der Waals surface area contributed by atoms with E-state index in [-0.39, 0.29) is 29.9 Å².